The zero-order valence-corrected chi connectivity index (χ0v) is 13.2. The molecule has 20 heavy (non-hydrogen) atoms. The van der Waals surface area contributed by atoms with Crippen molar-refractivity contribution in [3.05, 3.63) is 17.0 Å². The smallest absolute Gasteiger partial charge is 0.250 e. The van der Waals surface area contributed by atoms with Crippen LogP contribution in [-0.4, -0.2) is 19.4 Å². The molecular formula is C13H16N2O2S3. The van der Waals surface area contributed by atoms with Crippen LogP contribution in [0.3, 0.4) is 0 Å². The third-order valence-electron chi connectivity index (χ3n) is 5.12. The van der Waals surface area contributed by atoms with Gasteiger partial charge >= 0.3 is 0 Å². The largest absolute Gasteiger partial charge is 0.389 e. The second kappa shape index (κ2) is 4.25. The quantitative estimate of drug-likeness (QED) is 0.825. The molecule has 0 radical (unpaired) electrons. The van der Waals surface area contributed by atoms with Gasteiger partial charge in [0.25, 0.3) is 0 Å². The highest BCUT2D eigenvalue weighted by Gasteiger charge is 2.65. The SMILES string of the molecule is NC(=S)c1ccc(S(=O)(=O)NC2C3C4CCC(C4)C23)s1. The number of nitrogens with two attached hydrogens (primary N) is 1. The van der Waals surface area contributed by atoms with Gasteiger partial charge in [-0.05, 0) is 55.1 Å². The Bertz CT molecular complexity index is 666. The molecule has 3 aliphatic rings. The fourth-order valence-corrected chi connectivity index (χ4v) is 6.99. The number of sulfonamides is 1. The van der Waals surface area contributed by atoms with Crippen LogP contribution in [0, 0.1) is 23.7 Å². The van der Waals surface area contributed by atoms with Gasteiger partial charge in [-0.3, -0.25) is 0 Å². The van der Waals surface area contributed by atoms with Crippen molar-refractivity contribution >= 4 is 38.6 Å². The predicted molar refractivity (Wildman–Crippen MR) is 82.1 cm³/mol. The summed E-state index contributed by atoms with van der Waals surface area (Å²) in [6.45, 7) is 0. The van der Waals surface area contributed by atoms with E-state index >= 15 is 0 Å². The highest BCUT2D eigenvalue weighted by Crippen LogP contribution is 2.65. The maximum Gasteiger partial charge on any atom is 0.250 e. The van der Waals surface area contributed by atoms with Crippen LogP contribution in [0.1, 0.15) is 24.1 Å². The lowest BCUT2D eigenvalue weighted by Crippen LogP contribution is -2.29. The first-order valence-electron chi connectivity index (χ1n) is 6.89. The molecule has 4 nitrogen and oxygen atoms in total. The van der Waals surface area contributed by atoms with E-state index in [2.05, 4.69) is 4.72 Å². The summed E-state index contributed by atoms with van der Waals surface area (Å²) in [6, 6.07) is 3.44. The number of nitrogens with one attached hydrogen (secondary N) is 1. The van der Waals surface area contributed by atoms with Gasteiger partial charge in [-0.15, -0.1) is 11.3 Å². The van der Waals surface area contributed by atoms with Crippen LogP contribution in [0.25, 0.3) is 0 Å². The van der Waals surface area contributed by atoms with Crippen molar-refractivity contribution in [2.75, 3.05) is 0 Å². The number of thiocarbonyl (C=S) groups is 1. The molecule has 1 aromatic heterocycles. The Morgan fingerprint density at radius 3 is 2.50 bits per heavy atom. The molecule has 7 heteroatoms. The van der Waals surface area contributed by atoms with Gasteiger partial charge < -0.3 is 5.73 Å². The van der Waals surface area contributed by atoms with Crippen molar-refractivity contribution in [1.82, 2.24) is 4.72 Å². The van der Waals surface area contributed by atoms with E-state index < -0.39 is 10.0 Å². The molecule has 0 spiro atoms. The van der Waals surface area contributed by atoms with E-state index in [1.807, 2.05) is 0 Å². The first kappa shape index (κ1) is 13.2. The summed E-state index contributed by atoms with van der Waals surface area (Å²) < 4.78 is 28.0. The first-order chi connectivity index (χ1) is 9.47. The summed E-state index contributed by atoms with van der Waals surface area (Å²) >= 11 is 6.02. The van der Waals surface area contributed by atoms with Crippen LogP contribution >= 0.6 is 23.6 Å². The number of hydrogen-bond acceptors (Lipinski definition) is 4. The topological polar surface area (TPSA) is 72.2 Å². The summed E-state index contributed by atoms with van der Waals surface area (Å²) in [6.07, 6.45) is 3.89. The van der Waals surface area contributed by atoms with Crippen LogP contribution in [0.2, 0.25) is 0 Å². The Kier molecular flexibility index (Phi) is 2.80. The maximum absolute atomic E-state index is 12.4. The van der Waals surface area contributed by atoms with E-state index in [1.165, 1.54) is 19.3 Å². The van der Waals surface area contributed by atoms with E-state index in [9.17, 15) is 8.42 Å². The molecule has 2 bridgehead atoms. The molecule has 108 valence electrons. The zero-order valence-electron chi connectivity index (χ0n) is 10.8. The molecule has 4 unspecified atom stereocenters. The molecule has 3 aliphatic carbocycles. The van der Waals surface area contributed by atoms with Crippen molar-refractivity contribution in [1.29, 1.82) is 0 Å². The Labute approximate surface area is 127 Å². The van der Waals surface area contributed by atoms with Crippen molar-refractivity contribution in [2.24, 2.45) is 29.4 Å². The maximum atomic E-state index is 12.4. The number of rotatable bonds is 4. The Morgan fingerprint density at radius 2 is 1.95 bits per heavy atom. The van der Waals surface area contributed by atoms with Gasteiger partial charge in [0.1, 0.15) is 9.20 Å². The second-order valence-corrected chi connectivity index (χ2v) is 9.58. The number of thiophene rings is 1. The highest BCUT2D eigenvalue weighted by atomic mass is 32.2. The minimum Gasteiger partial charge on any atom is -0.389 e. The zero-order chi connectivity index (χ0) is 14.1. The van der Waals surface area contributed by atoms with Gasteiger partial charge in [0.05, 0.1) is 4.88 Å². The second-order valence-electron chi connectivity index (χ2n) is 6.12. The van der Waals surface area contributed by atoms with Gasteiger partial charge in [-0.1, -0.05) is 12.2 Å². The normalized spacial score (nSPS) is 37.9. The fraction of sp³-hybridized carbons (Fsp3) is 0.615. The van der Waals surface area contributed by atoms with E-state index in [4.69, 9.17) is 18.0 Å². The van der Waals surface area contributed by atoms with Gasteiger partial charge in [-0.2, -0.15) is 0 Å². The molecule has 1 heterocycles. The lowest BCUT2D eigenvalue weighted by Gasteiger charge is -2.10. The molecular weight excluding hydrogens is 312 g/mol. The minimum atomic E-state index is -3.42. The molecule has 0 amide bonds. The van der Waals surface area contributed by atoms with Crippen LogP contribution in [0.5, 0.6) is 0 Å². The minimum absolute atomic E-state index is 0.168. The van der Waals surface area contributed by atoms with E-state index in [0.29, 0.717) is 20.9 Å². The molecule has 0 aromatic carbocycles. The molecule has 4 atom stereocenters. The summed E-state index contributed by atoms with van der Waals surface area (Å²) in [5.74, 6) is 2.71. The molecule has 3 fully saturated rings. The molecule has 4 rings (SSSR count). The lowest BCUT2D eigenvalue weighted by molar-refractivity contribution is 0.456. The third kappa shape index (κ3) is 1.87. The van der Waals surface area contributed by atoms with Gasteiger partial charge in [-0.25, -0.2) is 13.1 Å². The number of fused-ring (bicyclic) bond motifs is 5. The van der Waals surface area contributed by atoms with Gasteiger partial charge in [0, 0.05) is 6.04 Å². The van der Waals surface area contributed by atoms with E-state index in [1.54, 1.807) is 12.1 Å². The van der Waals surface area contributed by atoms with Crippen molar-refractivity contribution in [3.8, 4) is 0 Å². The average molecular weight is 328 g/mol. The van der Waals surface area contributed by atoms with Crippen LogP contribution < -0.4 is 10.5 Å². The predicted octanol–water partition coefficient (Wildman–Crippen LogP) is 1.71. The Balaban J connectivity index is 1.52. The monoisotopic (exact) mass is 328 g/mol. The Morgan fingerprint density at radius 1 is 1.30 bits per heavy atom. The standard InChI is InChI=1S/C13H16N2O2S3/c14-13(18)8-3-4-9(19-8)20(16,17)15-12-10-6-1-2-7(5-6)11(10)12/h3-4,6-7,10-12,15H,1-2,5H2,(H2,14,18). The van der Waals surface area contributed by atoms with Crippen molar-refractivity contribution < 1.29 is 8.42 Å². The number of hydrogen-bond donors (Lipinski definition) is 2. The fourth-order valence-electron chi connectivity index (χ4n) is 4.32. The Hall–Kier alpha value is -0.500. The summed E-state index contributed by atoms with van der Waals surface area (Å²) in [5, 5.41) is 0. The summed E-state index contributed by atoms with van der Waals surface area (Å²) in [7, 11) is -3.42. The first-order valence-corrected chi connectivity index (χ1v) is 9.60. The van der Waals surface area contributed by atoms with E-state index in [-0.39, 0.29) is 11.0 Å². The third-order valence-corrected chi connectivity index (χ3v) is 8.53. The van der Waals surface area contributed by atoms with Gasteiger partial charge in [0.15, 0.2) is 0 Å². The molecule has 1 aromatic rings. The van der Waals surface area contributed by atoms with Gasteiger partial charge in [0.2, 0.25) is 10.0 Å². The van der Waals surface area contributed by atoms with Crippen molar-refractivity contribution in [2.45, 2.75) is 29.5 Å². The molecule has 0 saturated heterocycles. The lowest BCUT2D eigenvalue weighted by atomic mass is 10.0. The van der Waals surface area contributed by atoms with Crippen molar-refractivity contribution in [3.63, 3.8) is 0 Å². The molecule has 0 aliphatic heterocycles. The van der Waals surface area contributed by atoms with Crippen LogP contribution in [0.4, 0.5) is 0 Å². The van der Waals surface area contributed by atoms with Crippen LogP contribution in [0.15, 0.2) is 16.3 Å². The highest BCUT2D eigenvalue weighted by molar-refractivity contribution is 7.91. The summed E-state index contributed by atoms with van der Waals surface area (Å²) in [4.78, 5) is 0.897. The molecule has 3 saturated carbocycles. The summed E-state index contributed by atoms with van der Waals surface area (Å²) in [5.41, 5.74) is 5.53. The molecule has 3 N–H and O–H groups in total. The average Bonchev–Trinajstić information content (AvgIpc) is 2.88. The van der Waals surface area contributed by atoms with E-state index in [0.717, 1.165) is 23.2 Å². The van der Waals surface area contributed by atoms with Crippen LogP contribution in [-0.2, 0) is 10.0 Å².